The summed E-state index contributed by atoms with van der Waals surface area (Å²) in [5, 5.41) is 19.5. The maximum absolute atomic E-state index is 13.9. The van der Waals surface area contributed by atoms with Crippen molar-refractivity contribution in [1.29, 1.82) is 0 Å². The molecule has 3 aromatic rings. The van der Waals surface area contributed by atoms with Crippen molar-refractivity contribution in [3.8, 4) is 22.8 Å². The molecule has 3 N–H and O–H groups in total. The van der Waals surface area contributed by atoms with Crippen LogP contribution in [0, 0.1) is 5.82 Å². The standard InChI is InChI=1S/C16H14F4N6O.CH2O2/c1-21-14(27)7-13-22-15(26(25-13)8-16(18,19)20)12-6-11(23-24-12)9-4-2-3-5-10(9)17;2-1-3/h2-6H,7-8H2,1H3,(H,21,27)(H,23,24);1H,(H,2,3). The van der Waals surface area contributed by atoms with Gasteiger partial charge in [-0.25, -0.2) is 14.1 Å². The molecule has 0 aliphatic carbocycles. The van der Waals surface area contributed by atoms with Crippen LogP contribution in [0.2, 0.25) is 0 Å². The Kier molecular flexibility index (Phi) is 7.22. The molecule has 30 heavy (non-hydrogen) atoms. The minimum absolute atomic E-state index is 0.0735. The molecule has 0 atom stereocenters. The fraction of sp³-hybridized carbons (Fsp3) is 0.235. The number of nitrogens with zero attached hydrogens (tertiary/aromatic N) is 4. The summed E-state index contributed by atoms with van der Waals surface area (Å²) in [5.41, 5.74) is 0.512. The molecule has 13 heteroatoms. The van der Waals surface area contributed by atoms with E-state index in [2.05, 4.69) is 25.6 Å². The molecular formula is C17H16F4N6O3. The third kappa shape index (κ3) is 5.86. The van der Waals surface area contributed by atoms with Gasteiger partial charge >= 0.3 is 6.18 Å². The molecule has 0 saturated carbocycles. The molecule has 0 saturated heterocycles. The van der Waals surface area contributed by atoms with E-state index in [0.717, 1.165) is 0 Å². The second-order valence-corrected chi connectivity index (χ2v) is 5.73. The van der Waals surface area contributed by atoms with E-state index >= 15 is 0 Å². The van der Waals surface area contributed by atoms with Gasteiger partial charge in [-0.05, 0) is 18.2 Å². The predicted octanol–water partition coefficient (Wildman–Crippen LogP) is 2.03. The van der Waals surface area contributed by atoms with Crippen molar-refractivity contribution in [3.05, 3.63) is 42.0 Å². The zero-order valence-electron chi connectivity index (χ0n) is 15.4. The predicted molar refractivity (Wildman–Crippen MR) is 95.5 cm³/mol. The normalized spacial score (nSPS) is 10.8. The van der Waals surface area contributed by atoms with E-state index < -0.39 is 24.4 Å². The molecule has 2 aromatic heterocycles. The first kappa shape index (κ1) is 22.5. The first-order chi connectivity index (χ1) is 14.2. The van der Waals surface area contributed by atoms with Crippen LogP contribution in [-0.2, 0) is 22.6 Å². The Morgan fingerprint density at radius 3 is 2.60 bits per heavy atom. The molecule has 1 amide bonds. The smallest absolute Gasteiger partial charge is 0.408 e. The van der Waals surface area contributed by atoms with Crippen molar-refractivity contribution in [3.63, 3.8) is 0 Å². The van der Waals surface area contributed by atoms with Crippen molar-refractivity contribution < 1.29 is 32.3 Å². The van der Waals surface area contributed by atoms with Gasteiger partial charge in [-0.3, -0.25) is 14.7 Å². The zero-order chi connectivity index (χ0) is 22.3. The Bertz CT molecular complexity index is 1020. The van der Waals surface area contributed by atoms with Crippen molar-refractivity contribution in [2.45, 2.75) is 19.1 Å². The van der Waals surface area contributed by atoms with Crippen LogP contribution in [0.3, 0.4) is 0 Å². The number of hydrogen-bond donors (Lipinski definition) is 3. The van der Waals surface area contributed by atoms with Gasteiger partial charge in [0.25, 0.3) is 6.47 Å². The number of nitrogens with one attached hydrogen (secondary N) is 2. The van der Waals surface area contributed by atoms with Crippen molar-refractivity contribution >= 4 is 12.4 Å². The number of aromatic nitrogens is 5. The lowest BCUT2D eigenvalue weighted by Crippen LogP contribution is -2.21. The summed E-state index contributed by atoms with van der Waals surface area (Å²) in [6.45, 7) is -1.64. The van der Waals surface area contributed by atoms with Gasteiger partial charge in [-0.15, -0.1) is 0 Å². The maximum Gasteiger partial charge on any atom is 0.408 e. The van der Waals surface area contributed by atoms with Gasteiger partial charge in [0.2, 0.25) is 5.91 Å². The Labute approximate surface area is 166 Å². The quantitative estimate of drug-likeness (QED) is 0.422. The number of carbonyl (C=O) groups is 2. The van der Waals surface area contributed by atoms with Gasteiger partial charge in [0.1, 0.15) is 18.1 Å². The van der Waals surface area contributed by atoms with E-state index in [0.29, 0.717) is 4.68 Å². The summed E-state index contributed by atoms with van der Waals surface area (Å²) in [6, 6.07) is 7.24. The van der Waals surface area contributed by atoms with Gasteiger partial charge in [-0.2, -0.15) is 23.4 Å². The van der Waals surface area contributed by atoms with Crippen LogP contribution >= 0.6 is 0 Å². The number of carbonyl (C=O) groups excluding carboxylic acids is 1. The second-order valence-electron chi connectivity index (χ2n) is 5.73. The monoisotopic (exact) mass is 428 g/mol. The Hall–Kier alpha value is -3.77. The number of likely N-dealkylation sites (N-methyl/N-ethyl adjacent to an activating group) is 1. The van der Waals surface area contributed by atoms with Crippen molar-refractivity contribution in [1.82, 2.24) is 30.3 Å². The average molecular weight is 428 g/mol. The van der Waals surface area contributed by atoms with E-state index in [4.69, 9.17) is 9.90 Å². The highest BCUT2D eigenvalue weighted by Crippen LogP contribution is 2.26. The van der Waals surface area contributed by atoms with Crippen LogP contribution in [0.15, 0.2) is 30.3 Å². The summed E-state index contributed by atoms with van der Waals surface area (Å²) in [6.07, 6.45) is -4.82. The Morgan fingerprint density at radius 2 is 2.00 bits per heavy atom. The lowest BCUT2D eigenvalue weighted by Gasteiger charge is -2.07. The summed E-state index contributed by atoms with van der Waals surface area (Å²) in [4.78, 5) is 23.8. The molecular weight excluding hydrogens is 412 g/mol. The van der Waals surface area contributed by atoms with E-state index in [9.17, 15) is 22.4 Å². The average Bonchev–Trinajstić information content (AvgIpc) is 3.28. The summed E-state index contributed by atoms with van der Waals surface area (Å²) in [7, 11) is 1.39. The summed E-state index contributed by atoms with van der Waals surface area (Å²) in [5.74, 6) is -1.19. The lowest BCUT2D eigenvalue weighted by atomic mass is 10.1. The topological polar surface area (TPSA) is 126 Å². The second kappa shape index (κ2) is 9.62. The first-order valence-corrected chi connectivity index (χ1v) is 8.28. The third-order valence-corrected chi connectivity index (χ3v) is 3.61. The lowest BCUT2D eigenvalue weighted by molar-refractivity contribution is -0.142. The van der Waals surface area contributed by atoms with Gasteiger partial charge < -0.3 is 10.4 Å². The molecule has 0 bridgehead atoms. The van der Waals surface area contributed by atoms with Crippen LogP contribution in [0.25, 0.3) is 22.8 Å². The van der Waals surface area contributed by atoms with E-state index in [-0.39, 0.29) is 41.5 Å². The number of carboxylic acid groups (broad SMARTS) is 1. The molecule has 9 nitrogen and oxygen atoms in total. The SMILES string of the molecule is CNC(=O)Cc1nc(-c2cc(-c3ccccc3F)n[nH]2)n(CC(F)(F)F)n1.O=CO. The third-order valence-electron chi connectivity index (χ3n) is 3.61. The highest BCUT2D eigenvalue weighted by Gasteiger charge is 2.31. The van der Waals surface area contributed by atoms with Crippen LogP contribution in [0.4, 0.5) is 17.6 Å². The van der Waals surface area contributed by atoms with E-state index in [1.807, 2.05) is 0 Å². The van der Waals surface area contributed by atoms with Gasteiger partial charge in [0, 0.05) is 12.6 Å². The van der Waals surface area contributed by atoms with Crippen LogP contribution < -0.4 is 5.32 Å². The fourth-order valence-corrected chi connectivity index (χ4v) is 2.42. The molecule has 0 spiro atoms. The summed E-state index contributed by atoms with van der Waals surface area (Å²) < 4.78 is 53.1. The number of hydrogen-bond acceptors (Lipinski definition) is 5. The van der Waals surface area contributed by atoms with Crippen LogP contribution in [0.5, 0.6) is 0 Å². The Morgan fingerprint density at radius 1 is 1.33 bits per heavy atom. The molecule has 2 heterocycles. The highest BCUT2D eigenvalue weighted by molar-refractivity contribution is 5.77. The maximum atomic E-state index is 13.9. The highest BCUT2D eigenvalue weighted by atomic mass is 19.4. The fourth-order valence-electron chi connectivity index (χ4n) is 2.42. The van der Waals surface area contributed by atoms with E-state index in [1.165, 1.54) is 31.3 Å². The molecule has 0 unspecified atom stereocenters. The Balaban J connectivity index is 0.00000101. The minimum Gasteiger partial charge on any atom is -0.483 e. The number of halogens is 4. The van der Waals surface area contributed by atoms with Crippen LogP contribution in [-0.4, -0.2) is 55.7 Å². The number of aromatic amines is 1. The van der Waals surface area contributed by atoms with Gasteiger partial charge in [0.15, 0.2) is 11.6 Å². The number of H-pyrrole nitrogens is 1. The molecule has 160 valence electrons. The number of benzene rings is 1. The van der Waals surface area contributed by atoms with Gasteiger partial charge in [-0.1, -0.05) is 12.1 Å². The molecule has 0 radical (unpaired) electrons. The molecule has 1 aromatic carbocycles. The zero-order valence-corrected chi connectivity index (χ0v) is 15.4. The molecule has 0 aliphatic rings. The molecule has 0 aliphatic heterocycles. The number of rotatable bonds is 5. The van der Waals surface area contributed by atoms with E-state index in [1.54, 1.807) is 6.07 Å². The van der Waals surface area contributed by atoms with Crippen molar-refractivity contribution in [2.24, 2.45) is 0 Å². The molecule has 3 rings (SSSR count). The van der Waals surface area contributed by atoms with Gasteiger partial charge in [0.05, 0.1) is 12.1 Å². The van der Waals surface area contributed by atoms with Crippen LogP contribution in [0.1, 0.15) is 5.82 Å². The summed E-state index contributed by atoms with van der Waals surface area (Å²) >= 11 is 0. The molecule has 0 fully saturated rings. The van der Waals surface area contributed by atoms with Crippen molar-refractivity contribution in [2.75, 3.05) is 7.05 Å². The largest absolute Gasteiger partial charge is 0.483 e. The first-order valence-electron chi connectivity index (χ1n) is 8.28. The number of amides is 1. The number of alkyl halides is 3. The minimum atomic E-state index is -4.54.